The molecule has 0 aromatic heterocycles. The molecule has 1 aromatic carbocycles. The lowest BCUT2D eigenvalue weighted by Gasteiger charge is -2.32. The molecule has 148 valence electrons. The van der Waals surface area contributed by atoms with E-state index in [1.807, 2.05) is 0 Å². The molecule has 0 radical (unpaired) electrons. The van der Waals surface area contributed by atoms with E-state index in [0.29, 0.717) is 12.8 Å². The first-order valence-electron chi connectivity index (χ1n) is 8.49. The highest BCUT2D eigenvalue weighted by Crippen LogP contribution is 2.26. The number of terminal acetylenes is 1. The Morgan fingerprint density at radius 3 is 2.59 bits per heavy atom. The largest absolute Gasteiger partial charge is 0.391 e. The lowest BCUT2D eigenvalue weighted by atomic mass is 9.98. The van der Waals surface area contributed by atoms with Crippen LogP contribution < -0.4 is 5.32 Å². The number of hydrogen-bond acceptors (Lipinski definition) is 3. The van der Waals surface area contributed by atoms with E-state index in [9.17, 15) is 26.4 Å². The molecule has 0 bridgehead atoms. The van der Waals surface area contributed by atoms with Gasteiger partial charge in [-0.2, -0.15) is 17.5 Å². The van der Waals surface area contributed by atoms with Gasteiger partial charge in [-0.1, -0.05) is 18.2 Å². The average Bonchev–Trinajstić information content (AvgIpc) is 2.61. The highest BCUT2D eigenvalue weighted by molar-refractivity contribution is 7.89. The number of carbonyl (C=O) groups is 1. The second-order valence-electron chi connectivity index (χ2n) is 6.45. The molecule has 2 rings (SSSR count). The van der Waals surface area contributed by atoms with Gasteiger partial charge in [0.25, 0.3) is 0 Å². The molecule has 0 unspecified atom stereocenters. The van der Waals surface area contributed by atoms with Crippen molar-refractivity contribution in [3.05, 3.63) is 30.3 Å². The van der Waals surface area contributed by atoms with Gasteiger partial charge in [0.05, 0.1) is 17.2 Å². The SMILES string of the molecule is C#CC[C@H](CC(F)(F)F)NC(=O)[C@H]1CCCN(S(=O)(=O)c2ccccc2)C1. The summed E-state index contributed by atoms with van der Waals surface area (Å²) >= 11 is 0. The molecule has 9 heteroatoms. The van der Waals surface area contributed by atoms with E-state index >= 15 is 0 Å². The van der Waals surface area contributed by atoms with Crippen molar-refractivity contribution in [2.24, 2.45) is 5.92 Å². The number of amides is 1. The maximum absolute atomic E-state index is 12.7. The van der Waals surface area contributed by atoms with Crippen LogP contribution in [0, 0.1) is 18.3 Å². The van der Waals surface area contributed by atoms with Gasteiger partial charge in [0, 0.05) is 25.6 Å². The third-order valence-corrected chi connectivity index (χ3v) is 6.20. The standard InChI is InChI=1S/C18H21F3N2O3S/c1-2-7-15(12-18(19,20)21)22-17(24)14-8-6-11-23(13-14)27(25,26)16-9-4-3-5-10-16/h1,3-5,9-10,14-15H,6-8,11-13H2,(H,22,24)/t14-,15+/m0/s1. The fraction of sp³-hybridized carbons (Fsp3) is 0.500. The Labute approximate surface area is 157 Å². The third-order valence-electron chi connectivity index (χ3n) is 4.32. The number of benzene rings is 1. The zero-order chi connectivity index (χ0) is 20.1. The summed E-state index contributed by atoms with van der Waals surface area (Å²) in [5.41, 5.74) is 0. The summed E-state index contributed by atoms with van der Waals surface area (Å²) in [5.74, 6) is 0.811. The molecule has 0 saturated carbocycles. The number of halogens is 3. The van der Waals surface area contributed by atoms with Gasteiger partial charge in [-0.25, -0.2) is 8.42 Å². The van der Waals surface area contributed by atoms with Crippen molar-refractivity contribution in [3.8, 4) is 12.3 Å². The van der Waals surface area contributed by atoms with Crippen LogP contribution in [0.25, 0.3) is 0 Å². The van der Waals surface area contributed by atoms with E-state index in [1.165, 1.54) is 16.4 Å². The summed E-state index contributed by atoms with van der Waals surface area (Å²) in [4.78, 5) is 12.5. The van der Waals surface area contributed by atoms with Crippen LogP contribution in [0.5, 0.6) is 0 Å². The van der Waals surface area contributed by atoms with E-state index in [0.717, 1.165) is 0 Å². The van der Waals surface area contributed by atoms with Gasteiger partial charge in [-0.3, -0.25) is 4.79 Å². The van der Waals surface area contributed by atoms with Crippen LogP contribution in [0.4, 0.5) is 13.2 Å². The molecular weight excluding hydrogens is 381 g/mol. The lowest BCUT2D eigenvalue weighted by Crippen LogP contribution is -2.48. The van der Waals surface area contributed by atoms with Crippen molar-refractivity contribution >= 4 is 15.9 Å². The monoisotopic (exact) mass is 402 g/mol. The number of nitrogens with zero attached hydrogens (tertiary/aromatic N) is 1. The topological polar surface area (TPSA) is 66.5 Å². The van der Waals surface area contributed by atoms with Crippen molar-refractivity contribution in [2.75, 3.05) is 13.1 Å². The second kappa shape index (κ2) is 8.76. The molecule has 1 fully saturated rings. The molecule has 27 heavy (non-hydrogen) atoms. The number of sulfonamides is 1. The quantitative estimate of drug-likeness (QED) is 0.744. The Hall–Kier alpha value is -2.05. The lowest BCUT2D eigenvalue weighted by molar-refractivity contribution is -0.143. The third kappa shape index (κ3) is 5.97. The summed E-state index contributed by atoms with van der Waals surface area (Å²) in [6, 6.07) is 6.60. The fourth-order valence-electron chi connectivity index (χ4n) is 3.03. The molecule has 1 N–H and O–H groups in total. The smallest absolute Gasteiger partial charge is 0.352 e. The minimum atomic E-state index is -4.45. The van der Waals surface area contributed by atoms with Crippen LogP contribution in [-0.4, -0.2) is 43.9 Å². The van der Waals surface area contributed by atoms with Crippen molar-refractivity contribution in [2.45, 2.75) is 42.8 Å². The molecule has 0 spiro atoms. The minimum Gasteiger partial charge on any atom is -0.352 e. The summed E-state index contributed by atoms with van der Waals surface area (Å²) in [6.45, 7) is 0.190. The Morgan fingerprint density at radius 1 is 1.33 bits per heavy atom. The fourth-order valence-corrected chi connectivity index (χ4v) is 4.58. The van der Waals surface area contributed by atoms with Gasteiger partial charge in [0.1, 0.15) is 0 Å². The van der Waals surface area contributed by atoms with Crippen LogP contribution in [-0.2, 0) is 14.8 Å². The number of rotatable bonds is 6. The number of carbonyl (C=O) groups excluding carboxylic acids is 1. The Morgan fingerprint density at radius 2 is 2.00 bits per heavy atom. The van der Waals surface area contributed by atoms with Gasteiger partial charge in [0.15, 0.2) is 0 Å². The van der Waals surface area contributed by atoms with Crippen LogP contribution >= 0.6 is 0 Å². The summed E-state index contributed by atoms with van der Waals surface area (Å²) in [7, 11) is -3.75. The molecule has 1 aliphatic rings. The molecule has 2 atom stereocenters. The van der Waals surface area contributed by atoms with Crippen LogP contribution in [0.2, 0.25) is 0 Å². The summed E-state index contributed by atoms with van der Waals surface area (Å²) in [5, 5.41) is 2.33. The summed E-state index contributed by atoms with van der Waals surface area (Å²) < 4.78 is 64.4. The Kier molecular flexibility index (Phi) is 6.89. The van der Waals surface area contributed by atoms with E-state index < -0.39 is 40.5 Å². The molecule has 1 saturated heterocycles. The molecule has 0 aliphatic carbocycles. The predicted molar refractivity (Wildman–Crippen MR) is 94.0 cm³/mol. The van der Waals surface area contributed by atoms with Gasteiger partial charge in [-0.15, -0.1) is 12.3 Å². The second-order valence-corrected chi connectivity index (χ2v) is 8.39. The molecule has 1 aliphatic heterocycles. The van der Waals surface area contributed by atoms with Crippen molar-refractivity contribution < 1.29 is 26.4 Å². The number of hydrogen-bond donors (Lipinski definition) is 1. The number of alkyl halides is 3. The molecule has 1 aromatic rings. The maximum Gasteiger partial charge on any atom is 0.391 e. The van der Waals surface area contributed by atoms with Gasteiger partial charge in [-0.05, 0) is 25.0 Å². The maximum atomic E-state index is 12.7. The van der Waals surface area contributed by atoms with Gasteiger partial charge >= 0.3 is 6.18 Å². The van der Waals surface area contributed by atoms with Gasteiger partial charge < -0.3 is 5.32 Å². The van der Waals surface area contributed by atoms with Gasteiger partial charge in [0.2, 0.25) is 15.9 Å². The number of piperidine rings is 1. The highest BCUT2D eigenvalue weighted by atomic mass is 32.2. The molecule has 5 nitrogen and oxygen atoms in total. The van der Waals surface area contributed by atoms with Crippen LogP contribution in [0.3, 0.4) is 0 Å². The highest BCUT2D eigenvalue weighted by Gasteiger charge is 2.36. The zero-order valence-electron chi connectivity index (χ0n) is 14.6. The van der Waals surface area contributed by atoms with Crippen LogP contribution in [0.1, 0.15) is 25.7 Å². The van der Waals surface area contributed by atoms with E-state index in [1.54, 1.807) is 18.2 Å². The van der Waals surface area contributed by atoms with Crippen molar-refractivity contribution in [1.29, 1.82) is 0 Å². The van der Waals surface area contributed by atoms with Crippen molar-refractivity contribution in [3.63, 3.8) is 0 Å². The molecule has 1 amide bonds. The Bertz CT molecular complexity index is 788. The average molecular weight is 402 g/mol. The molecular formula is C18H21F3N2O3S. The normalized spacial score (nSPS) is 19.9. The predicted octanol–water partition coefficient (Wildman–Crippen LogP) is 2.55. The first-order chi connectivity index (χ1) is 12.6. The first kappa shape index (κ1) is 21.3. The zero-order valence-corrected chi connectivity index (χ0v) is 15.4. The van der Waals surface area contributed by atoms with E-state index in [2.05, 4.69) is 11.2 Å². The Balaban J connectivity index is 2.06. The van der Waals surface area contributed by atoms with Crippen LogP contribution in [0.15, 0.2) is 35.2 Å². The summed E-state index contributed by atoms with van der Waals surface area (Å²) in [6.07, 6.45) is 0.0208. The van der Waals surface area contributed by atoms with E-state index in [4.69, 9.17) is 6.42 Å². The van der Waals surface area contributed by atoms with Crippen molar-refractivity contribution in [1.82, 2.24) is 9.62 Å². The first-order valence-corrected chi connectivity index (χ1v) is 9.93. The van der Waals surface area contributed by atoms with E-state index in [-0.39, 0.29) is 24.4 Å². The minimum absolute atomic E-state index is 0.0716. The molecule has 1 heterocycles. The number of nitrogens with one attached hydrogen (secondary N) is 1.